The maximum Gasteiger partial charge on any atom is 0.257 e. The Morgan fingerprint density at radius 3 is 2.62 bits per heavy atom. The maximum absolute atomic E-state index is 11.9. The lowest BCUT2D eigenvalue weighted by molar-refractivity contribution is 0.102. The smallest absolute Gasteiger partial charge is 0.257 e. The molecule has 16 heavy (non-hydrogen) atoms. The molecule has 4 nitrogen and oxygen atoms in total. The van der Waals surface area contributed by atoms with E-state index in [0.29, 0.717) is 11.4 Å². The Bertz CT molecular complexity index is 516. The number of hydrogen-bond donors (Lipinski definition) is 2. The minimum Gasteiger partial charge on any atom is -0.307 e. The molecule has 2 N–H and O–H groups in total. The number of anilines is 1. The molecule has 0 atom stereocenters. The lowest BCUT2D eigenvalue weighted by Gasteiger charge is -2.06. The van der Waals surface area contributed by atoms with E-state index in [1.807, 2.05) is 32.0 Å². The van der Waals surface area contributed by atoms with Crippen LogP contribution in [0.5, 0.6) is 0 Å². The fourth-order valence-electron chi connectivity index (χ4n) is 1.48. The highest BCUT2D eigenvalue weighted by Crippen LogP contribution is 2.12. The van der Waals surface area contributed by atoms with Gasteiger partial charge in [-0.2, -0.15) is 5.10 Å². The third-order valence-electron chi connectivity index (χ3n) is 2.46. The van der Waals surface area contributed by atoms with Crippen LogP contribution in [-0.4, -0.2) is 16.1 Å². The molecule has 2 rings (SSSR count). The number of carbonyl (C=O) groups is 1. The molecule has 0 aliphatic heterocycles. The monoisotopic (exact) mass is 215 g/mol. The van der Waals surface area contributed by atoms with Gasteiger partial charge in [-0.25, -0.2) is 0 Å². The van der Waals surface area contributed by atoms with E-state index in [0.717, 1.165) is 11.1 Å². The number of aromatic amines is 1. The molecule has 0 fully saturated rings. The summed E-state index contributed by atoms with van der Waals surface area (Å²) in [6.07, 6.45) is 1.67. The highest BCUT2D eigenvalue weighted by Gasteiger charge is 2.10. The number of hydrogen-bond acceptors (Lipinski definition) is 2. The predicted octanol–water partition coefficient (Wildman–Crippen LogP) is 2.28. The minimum absolute atomic E-state index is 0.120. The number of aryl methyl sites for hydroxylation is 2. The average molecular weight is 215 g/mol. The van der Waals surface area contributed by atoms with Crippen molar-refractivity contribution in [1.29, 1.82) is 0 Å². The van der Waals surface area contributed by atoms with E-state index >= 15 is 0 Å². The highest BCUT2D eigenvalue weighted by molar-refractivity contribution is 6.05. The summed E-state index contributed by atoms with van der Waals surface area (Å²) in [6.45, 7) is 3.80. The van der Waals surface area contributed by atoms with Crippen LogP contribution in [0.4, 0.5) is 5.82 Å². The van der Waals surface area contributed by atoms with Crippen LogP contribution in [0.1, 0.15) is 21.5 Å². The summed E-state index contributed by atoms with van der Waals surface area (Å²) in [4.78, 5) is 11.9. The SMILES string of the molecule is Cc1ccccc1C(=O)Nc1[nH]ncc1C. The van der Waals surface area contributed by atoms with Crippen LogP contribution in [0.25, 0.3) is 0 Å². The Hall–Kier alpha value is -2.10. The highest BCUT2D eigenvalue weighted by atomic mass is 16.1. The number of amides is 1. The first-order valence-corrected chi connectivity index (χ1v) is 5.05. The van der Waals surface area contributed by atoms with Gasteiger partial charge < -0.3 is 5.32 Å². The second-order valence-electron chi connectivity index (χ2n) is 3.70. The molecule has 0 saturated carbocycles. The van der Waals surface area contributed by atoms with Gasteiger partial charge in [-0.05, 0) is 25.5 Å². The van der Waals surface area contributed by atoms with E-state index in [4.69, 9.17) is 0 Å². The van der Waals surface area contributed by atoms with Crippen LogP contribution < -0.4 is 5.32 Å². The summed E-state index contributed by atoms with van der Waals surface area (Å²) in [5.74, 6) is 0.527. The van der Waals surface area contributed by atoms with Crippen molar-refractivity contribution in [2.45, 2.75) is 13.8 Å². The quantitative estimate of drug-likeness (QED) is 0.807. The Morgan fingerprint density at radius 1 is 1.25 bits per heavy atom. The van der Waals surface area contributed by atoms with Gasteiger partial charge in [0.2, 0.25) is 0 Å². The van der Waals surface area contributed by atoms with Crippen molar-refractivity contribution >= 4 is 11.7 Å². The normalized spacial score (nSPS) is 10.1. The van der Waals surface area contributed by atoms with Crippen LogP contribution >= 0.6 is 0 Å². The van der Waals surface area contributed by atoms with E-state index in [1.165, 1.54) is 0 Å². The molecule has 82 valence electrons. The first-order valence-electron chi connectivity index (χ1n) is 5.05. The molecule has 0 unspecified atom stereocenters. The number of carbonyl (C=O) groups excluding carboxylic acids is 1. The van der Waals surface area contributed by atoms with Crippen molar-refractivity contribution in [3.8, 4) is 0 Å². The van der Waals surface area contributed by atoms with Gasteiger partial charge in [0.05, 0.1) is 6.20 Å². The summed E-state index contributed by atoms with van der Waals surface area (Å²) in [5.41, 5.74) is 2.55. The van der Waals surface area contributed by atoms with E-state index in [1.54, 1.807) is 12.3 Å². The molecule has 1 heterocycles. The van der Waals surface area contributed by atoms with E-state index in [9.17, 15) is 4.79 Å². The van der Waals surface area contributed by atoms with E-state index < -0.39 is 0 Å². The first-order chi connectivity index (χ1) is 7.68. The molecule has 4 heteroatoms. The van der Waals surface area contributed by atoms with Crippen LogP contribution in [-0.2, 0) is 0 Å². The molecule has 2 aromatic rings. The molecule has 0 aliphatic rings. The van der Waals surface area contributed by atoms with Crippen LogP contribution in [0.3, 0.4) is 0 Å². The Labute approximate surface area is 93.7 Å². The second kappa shape index (κ2) is 4.18. The van der Waals surface area contributed by atoms with Gasteiger partial charge >= 0.3 is 0 Å². The number of nitrogens with one attached hydrogen (secondary N) is 2. The van der Waals surface area contributed by atoms with Crippen LogP contribution in [0.2, 0.25) is 0 Å². The fraction of sp³-hybridized carbons (Fsp3) is 0.167. The predicted molar refractivity (Wildman–Crippen MR) is 62.5 cm³/mol. The molecule has 0 bridgehead atoms. The standard InChI is InChI=1S/C12H13N3O/c1-8-5-3-4-6-10(8)12(16)14-11-9(2)7-13-15-11/h3-7H,1-2H3,(H2,13,14,15,16). The molecule has 1 amide bonds. The zero-order chi connectivity index (χ0) is 11.5. The third kappa shape index (κ3) is 1.95. The van der Waals surface area contributed by atoms with Gasteiger partial charge in [-0.1, -0.05) is 18.2 Å². The van der Waals surface area contributed by atoms with Gasteiger partial charge in [-0.3, -0.25) is 9.89 Å². The summed E-state index contributed by atoms with van der Waals surface area (Å²) in [6, 6.07) is 7.47. The first kappa shape index (κ1) is 10.4. The van der Waals surface area contributed by atoms with Crippen molar-refractivity contribution < 1.29 is 4.79 Å². The summed E-state index contributed by atoms with van der Waals surface area (Å²) in [7, 11) is 0. The zero-order valence-corrected chi connectivity index (χ0v) is 9.24. The van der Waals surface area contributed by atoms with Crippen molar-refractivity contribution in [3.05, 3.63) is 47.2 Å². The molecular formula is C12H13N3O. The van der Waals surface area contributed by atoms with Crippen molar-refractivity contribution in [2.24, 2.45) is 0 Å². The zero-order valence-electron chi connectivity index (χ0n) is 9.24. The molecule has 0 radical (unpaired) electrons. The second-order valence-corrected chi connectivity index (χ2v) is 3.70. The Morgan fingerprint density at radius 2 is 2.00 bits per heavy atom. The van der Waals surface area contributed by atoms with Gasteiger partial charge in [0.25, 0.3) is 5.91 Å². The molecule has 0 aliphatic carbocycles. The van der Waals surface area contributed by atoms with Gasteiger partial charge in [0, 0.05) is 11.1 Å². The molecule has 1 aromatic carbocycles. The van der Waals surface area contributed by atoms with Gasteiger partial charge in [0.1, 0.15) is 5.82 Å². The van der Waals surface area contributed by atoms with E-state index in [-0.39, 0.29) is 5.91 Å². The largest absolute Gasteiger partial charge is 0.307 e. The number of benzene rings is 1. The molecule has 0 spiro atoms. The number of aromatic nitrogens is 2. The van der Waals surface area contributed by atoms with Crippen LogP contribution in [0, 0.1) is 13.8 Å². The fourth-order valence-corrected chi connectivity index (χ4v) is 1.48. The number of rotatable bonds is 2. The van der Waals surface area contributed by atoms with Crippen molar-refractivity contribution in [1.82, 2.24) is 10.2 Å². The maximum atomic E-state index is 11.9. The molecule has 0 saturated heterocycles. The van der Waals surface area contributed by atoms with Gasteiger partial charge in [0.15, 0.2) is 0 Å². The summed E-state index contributed by atoms with van der Waals surface area (Å²) >= 11 is 0. The molecule has 1 aromatic heterocycles. The lowest BCUT2D eigenvalue weighted by atomic mass is 10.1. The van der Waals surface area contributed by atoms with E-state index in [2.05, 4.69) is 15.5 Å². The topological polar surface area (TPSA) is 57.8 Å². The number of H-pyrrole nitrogens is 1. The van der Waals surface area contributed by atoms with Gasteiger partial charge in [-0.15, -0.1) is 0 Å². The minimum atomic E-state index is -0.120. The average Bonchev–Trinajstić information content (AvgIpc) is 2.65. The summed E-state index contributed by atoms with van der Waals surface area (Å²) < 4.78 is 0. The molecular weight excluding hydrogens is 202 g/mol. The Balaban J connectivity index is 2.22. The third-order valence-corrected chi connectivity index (χ3v) is 2.46. The van der Waals surface area contributed by atoms with Crippen molar-refractivity contribution in [3.63, 3.8) is 0 Å². The summed E-state index contributed by atoms with van der Waals surface area (Å²) in [5, 5.41) is 9.39. The lowest BCUT2D eigenvalue weighted by Crippen LogP contribution is -2.14. The van der Waals surface area contributed by atoms with Crippen LogP contribution in [0.15, 0.2) is 30.5 Å². The number of nitrogens with zero attached hydrogens (tertiary/aromatic N) is 1. The Kier molecular flexibility index (Phi) is 2.72. The van der Waals surface area contributed by atoms with Crippen molar-refractivity contribution in [2.75, 3.05) is 5.32 Å².